The Kier molecular flexibility index (Phi) is 5.20. The van der Waals surface area contributed by atoms with Crippen LogP contribution in [0, 0.1) is 6.92 Å². The van der Waals surface area contributed by atoms with Crippen LogP contribution in [0.5, 0.6) is 0 Å². The van der Waals surface area contributed by atoms with Gasteiger partial charge >= 0.3 is 0 Å². The molecule has 0 radical (unpaired) electrons. The van der Waals surface area contributed by atoms with E-state index < -0.39 is 0 Å². The number of rotatable bonds is 6. The van der Waals surface area contributed by atoms with E-state index in [9.17, 15) is 0 Å². The van der Waals surface area contributed by atoms with Gasteiger partial charge in [0.2, 0.25) is 0 Å². The van der Waals surface area contributed by atoms with Crippen molar-refractivity contribution >= 4 is 0 Å². The number of hydrogen-bond donors (Lipinski definition) is 2. The van der Waals surface area contributed by atoms with Gasteiger partial charge in [0.1, 0.15) is 0 Å². The Morgan fingerprint density at radius 1 is 1.44 bits per heavy atom. The van der Waals surface area contributed by atoms with Crippen LogP contribution in [0.4, 0.5) is 0 Å². The minimum atomic E-state index is 0.666. The van der Waals surface area contributed by atoms with E-state index in [0.717, 1.165) is 12.2 Å². The molecule has 2 N–H and O–H groups in total. The summed E-state index contributed by atoms with van der Waals surface area (Å²) >= 11 is 0. The Bertz CT molecular complexity index is 339. The molecule has 0 aliphatic carbocycles. The van der Waals surface area contributed by atoms with E-state index in [-0.39, 0.29) is 0 Å². The first-order valence-electron chi connectivity index (χ1n) is 7.24. The highest BCUT2D eigenvalue weighted by Crippen LogP contribution is 2.12. The van der Waals surface area contributed by atoms with Crippen molar-refractivity contribution in [3.8, 4) is 0 Å². The Morgan fingerprint density at radius 2 is 2.22 bits per heavy atom. The topological polar surface area (TPSA) is 44.0 Å². The van der Waals surface area contributed by atoms with Gasteiger partial charge in [0.15, 0.2) is 0 Å². The van der Waals surface area contributed by atoms with Crippen LogP contribution in [0.3, 0.4) is 0 Å². The van der Waals surface area contributed by atoms with Gasteiger partial charge in [-0.25, -0.2) is 4.98 Å². The molecular weight excluding hydrogens is 224 g/mol. The Hall–Kier alpha value is -0.870. The third-order valence-corrected chi connectivity index (χ3v) is 3.91. The van der Waals surface area contributed by atoms with Crippen LogP contribution >= 0.6 is 0 Å². The summed E-state index contributed by atoms with van der Waals surface area (Å²) < 4.78 is 0. The monoisotopic (exact) mass is 250 g/mol. The van der Waals surface area contributed by atoms with Crippen LogP contribution in [0.1, 0.15) is 44.0 Å². The summed E-state index contributed by atoms with van der Waals surface area (Å²) in [5.41, 5.74) is 2.34. The number of piperidine rings is 1. The maximum Gasteiger partial charge on any atom is 0.0925 e. The number of aromatic nitrogens is 2. The Balaban J connectivity index is 1.66. The largest absolute Gasteiger partial charge is 0.348 e. The first-order chi connectivity index (χ1) is 8.79. The molecule has 0 saturated carbocycles. The number of nitrogens with zero attached hydrogens (tertiary/aromatic N) is 2. The van der Waals surface area contributed by atoms with Gasteiger partial charge in [-0.1, -0.05) is 13.3 Å². The fraction of sp³-hybridized carbons (Fsp3) is 0.786. The second kappa shape index (κ2) is 6.90. The molecule has 4 heteroatoms. The SMILES string of the molecule is CCCCN1CCC(NCc2nc[nH]c2C)CC1. The molecule has 1 aromatic rings. The summed E-state index contributed by atoms with van der Waals surface area (Å²) in [6.07, 6.45) is 6.96. The van der Waals surface area contributed by atoms with Crippen molar-refractivity contribution in [1.29, 1.82) is 0 Å². The van der Waals surface area contributed by atoms with Crippen molar-refractivity contribution in [3.05, 3.63) is 17.7 Å². The molecule has 1 aliphatic heterocycles. The molecule has 2 rings (SSSR count). The third kappa shape index (κ3) is 3.82. The summed E-state index contributed by atoms with van der Waals surface area (Å²) in [7, 11) is 0. The molecular formula is C14H26N4. The minimum Gasteiger partial charge on any atom is -0.348 e. The van der Waals surface area contributed by atoms with Crippen molar-refractivity contribution in [3.63, 3.8) is 0 Å². The molecule has 0 aromatic carbocycles. The molecule has 1 aliphatic rings. The molecule has 102 valence electrons. The van der Waals surface area contributed by atoms with Crippen molar-refractivity contribution in [2.24, 2.45) is 0 Å². The molecule has 0 unspecified atom stereocenters. The number of hydrogen-bond acceptors (Lipinski definition) is 3. The molecule has 0 amide bonds. The quantitative estimate of drug-likeness (QED) is 0.812. The number of unbranched alkanes of at least 4 members (excludes halogenated alkanes) is 1. The number of nitrogens with one attached hydrogen (secondary N) is 2. The number of likely N-dealkylation sites (tertiary alicyclic amines) is 1. The second-order valence-electron chi connectivity index (χ2n) is 5.32. The van der Waals surface area contributed by atoms with Gasteiger partial charge in [-0.3, -0.25) is 0 Å². The summed E-state index contributed by atoms with van der Waals surface area (Å²) in [5, 5.41) is 3.63. The maximum atomic E-state index is 4.33. The predicted molar refractivity (Wildman–Crippen MR) is 74.5 cm³/mol. The molecule has 1 saturated heterocycles. The minimum absolute atomic E-state index is 0.666. The molecule has 0 spiro atoms. The van der Waals surface area contributed by atoms with Crippen molar-refractivity contribution < 1.29 is 0 Å². The first-order valence-corrected chi connectivity index (χ1v) is 7.24. The van der Waals surface area contributed by atoms with Crippen LogP contribution in [-0.4, -0.2) is 40.5 Å². The molecule has 1 aromatic heterocycles. The van der Waals surface area contributed by atoms with Gasteiger partial charge in [0.25, 0.3) is 0 Å². The van der Waals surface area contributed by atoms with Crippen LogP contribution < -0.4 is 5.32 Å². The summed E-state index contributed by atoms with van der Waals surface area (Å²) in [6, 6.07) is 0.666. The summed E-state index contributed by atoms with van der Waals surface area (Å²) in [6.45, 7) is 9.02. The number of imidazole rings is 1. The van der Waals surface area contributed by atoms with E-state index in [0.29, 0.717) is 6.04 Å². The van der Waals surface area contributed by atoms with Crippen LogP contribution in [0.25, 0.3) is 0 Å². The lowest BCUT2D eigenvalue weighted by Gasteiger charge is -2.32. The fourth-order valence-corrected chi connectivity index (χ4v) is 2.55. The molecule has 4 nitrogen and oxygen atoms in total. The van der Waals surface area contributed by atoms with Crippen molar-refractivity contribution in [1.82, 2.24) is 20.2 Å². The van der Waals surface area contributed by atoms with Crippen LogP contribution in [0.2, 0.25) is 0 Å². The fourth-order valence-electron chi connectivity index (χ4n) is 2.55. The summed E-state index contributed by atoms with van der Waals surface area (Å²) in [4.78, 5) is 10.1. The highest BCUT2D eigenvalue weighted by molar-refractivity contribution is 5.08. The zero-order chi connectivity index (χ0) is 12.8. The van der Waals surface area contributed by atoms with Gasteiger partial charge < -0.3 is 15.2 Å². The normalized spacial score (nSPS) is 18.3. The van der Waals surface area contributed by atoms with Gasteiger partial charge in [0, 0.05) is 18.3 Å². The molecule has 0 bridgehead atoms. The van der Waals surface area contributed by atoms with Gasteiger partial charge in [-0.15, -0.1) is 0 Å². The average molecular weight is 250 g/mol. The van der Waals surface area contributed by atoms with E-state index in [1.165, 1.54) is 51.0 Å². The summed E-state index contributed by atoms with van der Waals surface area (Å²) in [5.74, 6) is 0. The average Bonchev–Trinajstić information content (AvgIpc) is 2.81. The van der Waals surface area contributed by atoms with Crippen molar-refractivity contribution in [2.45, 2.75) is 52.1 Å². The number of aromatic amines is 1. The highest BCUT2D eigenvalue weighted by Gasteiger charge is 2.18. The second-order valence-corrected chi connectivity index (χ2v) is 5.32. The molecule has 1 fully saturated rings. The number of H-pyrrole nitrogens is 1. The van der Waals surface area contributed by atoms with Gasteiger partial charge in [0.05, 0.1) is 12.0 Å². The van der Waals surface area contributed by atoms with E-state index in [4.69, 9.17) is 0 Å². The van der Waals surface area contributed by atoms with Crippen molar-refractivity contribution in [2.75, 3.05) is 19.6 Å². The zero-order valence-electron chi connectivity index (χ0n) is 11.7. The lowest BCUT2D eigenvalue weighted by molar-refractivity contribution is 0.194. The third-order valence-electron chi connectivity index (χ3n) is 3.91. The first kappa shape index (κ1) is 13.6. The zero-order valence-corrected chi connectivity index (χ0v) is 11.7. The van der Waals surface area contributed by atoms with Crippen LogP contribution in [0.15, 0.2) is 6.33 Å². The Labute approximate surface area is 110 Å². The Morgan fingerprint density at radius 3 is 2.83 bits per heavy atom. The predicted octanol–water partition coefficient (Wildman–Crippen LogP) is 2.07. The smallest absolute Gasteiger partial charge is 0.0925 e. The molecule has 2 heterocycles. The van der Waals surface area contributed by atoms with E-state index >= 15 is 0 Å². The van der Waals surface area contributed by atoms with Crippen LogP contribution in [-0.2, 0) is 6.54 Å². The lowest BCUT2D eigenvalue weighted by atomic mass is 10.0. The standard InChI is InChI=1S/C14H26N4/c1-3-4-7-18-8-5-13(6-9-18)15-10-14-12(2)16-11-17-14/h11,13,15H,3-10H2,1-2H3,(H,16,17). The maximum absolute atomic E-state index is 4.33. The highest BCUT2D eigenvalue weighted by atomic mass is 15.1. The van der Waals surface area contributed by atoms with Gasteiger partial charge in [-0.2, -0.15) is 0 Å². The number of aryl methyl sites for hydroxylation is 1. The molecule has 18 heavy (non-hydrogen) atoms. The molecule has 0 atom stereocenters. The van der Waals surface area contributed by atoms with E-state index in [1.807, 2.05) is 0 Å². The van der Waals surface area contributed by atoms with Gasteiger partial charge in [-0.05, 0) is 45.8 Å². The van der Waals surface area contributed by atoms with E-state index in [1.54, 1.807) is 6.33 Å². The lowest BCUT2D eigenvalue weighted by Crippen LogP contribution is -2.42. The van der Waals surface area contributed by atoms with E-state index in [2.05, 4.69) is 34.0 Å².